The molecule has 0 unspecified atom stereocenters. The van der Waals surface area contributed by atoms with Crippen molar-refractivity contribution in [3.05, 3.63) is 54.1 Å². The SMILES string of the molecule is COc1cccc(OC)c1-c1onc(-c2ccccc2)c1CO. The molecule has 0 bridgehead atoms. The van der Waals surface area contributed by atoms with Gasteiger partial charge < -0.3 is 19.1 Å². The van der Waals surface area contributed by atoms with E-state index in [4.69, 9.17) is 14.0 Å². The highest BCUT2D eigenvalue weighted by atomic mass is 16.5. The fourth-order valence-electron chi connectivity index (χ4n) is 2.55. The van der Waals surface area contributed by atoms with E-state index in [1.54, 1.807) is 14.2 Å². The normalized spacial score (nSPS) is 10.6. The third-order valence-corrected chi connectivity index (χ3v) is 3.65. The Morgan fingerprint density at radius 3 is 2.17 bits per heavy atom. The van der Waals surface area contributed by atoms with Crippen molar-refractivity contribution >= 4 is 0 Å². The van der Waals surface area contributed by atoms with Crippen LogP contribution in [0.25, 0.3) is 22.6 Å². The molecule has 0 fully saturated rings. The molecule has 0 amide bonds. The quantitative estimate of drug-likeness (QED) is 0.781. The number of benzene rings is 2. The summed E-state index contributed by atoms with van der Waals surface area (Å²) in [5.74, 6) is 1.63. The highest BCUT2D eigenvalue weighted by molar-refractivity contribution is 5.79. The average molecular weight is 311 g/mol. The second-order valence-electron chi connectivity index (χ2n) is 4.90. The van der Waals surface area contributed by atoms with Crippen molar-refractivity contribution in [1.82, 2.24) is 5.16 Å². The van der Waals surface area contributed by atoms with Crippen LogP contribution in [0.5, 0.6) is 11.5 Å². The Hall–Kier alpha value is -2.79. The zero-order valence-electron chi connectivity index (χ0n) is 12.9. The molecule has 0 aliphatic rings. The summed E-state index contributed by atoms with van der Waals surface area (Å²) in [6.45, 7) is -0.204. The van der Waals surface area contributed by atoms with Gasteiger partial charge in [-0.15, -0.1) is 0 Å². The molecule has 0 spiro atoms. The first-order valence-electron chi connectivity index (χ1n) is 7.16. The number of rotatable bonds is 5. The van der Waals surface area contributed by atoms with Gasteiger partial charge in [-0.3, -0.25) is 0 Å². The minimum Gasteiger partial charge on any atom is -0.496 e. The minimum atomic E-state index is -0.204. The highest BCUT2D eigenvalue weighted by Gasteiger charge is 2.24. The van der Waals surface area contributed by atoms with Crippen molar-refractivity contribution in [2.24, 2.45) is 0 Å². The molecule has 0 aliphatic heterocycles. The summed E-state index contributed by atoms with van der Waals surface area (Å²) < 4.78 is 16.4. The number of methoxy groups -OCH3 is 2. The molecule has 0 radical (unpaired) electrons. The summed E-state index contributed by atoms with van der Waals surface area (Å²) in [7, 11) is 3.15. The van der Waals surface area contributed by atoms with Crippen LogP contribution in [0.3, 0.4) is 0 Å². The molecular weight excluding hydrogens is 294 g/mol. The van der Waals surface area contributed by atoms with Gasteiger partial charge in [0.25, 0.3) is 0 Å². The minimum absolute atomic E-state index is 0.204. The van der Waals surface area contributed by atoms with Gasteiger partial charge in [0.1, 0.15) is 22.8 Å². The van der Waals surface area contributed by atoms with Gasteiger partial charge in [0.2, 0.25) is 0 Å². The summed E-state index contributed by atoms with van der Waals surface area (Å²) in [4.78, 5) is 0. The van der Waals surface area contributed by atoms with Crippen molar-refractivity contribution in [3.63, 3.8) is 0 Å². The Labute approximate surface area is 134 Å². The van der Waals surface area contributed by atoms with Crippen LogP contribution in [0, 0.1) is 0 Å². The molecule has 0 aliphatic carbocycles. The molecule has 3 aromatic rings. The van der Waals surface area contributed by atoms with E-state index >= 15 is 0 Å². The number of hydrogen-bond acceptors (Lipinski definition) is 5. The van der Waals surface area contributed by atoms with Crippen molar-refractivity contribution < 1.29 is 19.1 Å². The van der Waals surface area contributed by atoms with Crippen LogP contribution in [0.2, 0.25) is 0 Å². The van der Waals surface area contributed by atoms with Gasteiger partial charge in [-0.1, -0.05) is 41.6 Å². The Morgan fingerprint density at radius 1 is 0.957 bits per heavy atom. The maximum atomic E-state index is 9.86. The standard InChI is InChI=1S/C18H17NO4/c1-21-14-9-6-10-15(22-2)16(14)18-13(11-20)17(19-23-18)12-7-4-3-5-8-12/h3-10,20H,11H2,1-2H3. The van der Waals surface area contributed by atoms with Crippen molar-refractivity contribution in [2.45, 2.75) is 6.61 Å². The monoisotopic (exact) mass is 311 g/mol. The first-order valence-corrected chi connectivity index (χ1v) is 7.16. The van der Waals surface area contributed by atoms with Gasteiger partial charge in [0.05, 0.1) is 26.4 Å². The number of aliphatic hydroxyl groups is 1. The topological polar surface area (TPSA) is 64.7 Å². The summed E-state index contributed by atoms with van der Waals surface area (Å²) in [5, 5.41) is 14.0. The van der Waals surface area contributed by atoms with Crippen LogP contribution >= 0.6 is 0 Å². The number of aliphatic hydroxyl groups excluding tert-OH is 1. The van der Waals surface area contributed by atoms with Crippen LogP contribution in [0.1, 0.15) is 5.56 Å². The van der Waals surface area contributed by atoms with Crippen LogP contribution in [0.15, 0.2) is 53.1 Å². The first-order chi connectivity index (χ1) is 11.3. The van der Waals surface area contributed by atoms with Gasteiger partial charge >= 0.3 is 0 Å². The predicted molar refractivity (Wildman–Crippen MR) is 86.4 cm³/mol. The largest absolute Gasteiger partial charge is 0.496 e. The molecule has 5 heteroatoms. The van der Waals surface area contributed by atoms with Gasteiger partial charge in [-0.25, -0.2) is 0 Å². The lowest BCUT2D eigenvalue weighted by molar-refractivity contribution is 0.281. The average Bonchev–Trinajstić information content (AvgIpc) is 3.05. The maximum absolute atomic E-state index is 9.86. The van der Waals surface area contributed by atoms with E-state index in [-0.39, 0.29) is 6.61 Å². The van der Waals surface area contributed by atoms with Crippen molar-refractivity contribution in [3.8, 4) is 34.1 Å². The van der Waals surface area contributed by atoms with E-state index in [0.717, 1.165) is 5.56 Å². The molecular formula is C18H17NO4. The lowest BCUT2D eigenvalue weighted by Gasteiger charge is -2.11. The van der Waals surface area contributed by atoms with E-state index in [1.807, 2.05) is 48.5 Å². The summed E-state index contributed by atoms with van der Waals surface area (Å²) >= 11 is 0. The van der Waals surface area contributed by atoms with E-state index < -0.39 is 0 Å². The first kappa shape index (κ1) is 15.1. The van der Waals surface area contributed by atoms with E-state index in [2.05, 4.69) is 5.16 Å². The van der Waals surface area contributed by atoms with Crippen LogP contribution in [-0.4, -0.2) is 24.5 Å². The fraction of sp³-hybridized carbons (Fsp3) is 0.167. The van der Waals surface area contributed by atoms with E-state index in [1.165, 1.54) is 0 Å². The summed E-state index contributed by atoms with van der Waals surface area (Å²) in [6, 6.07) is 15.0. The highest BCUT2D eigenvalue weighted by Crippen LogP contribution is 2.42. The Balaban J connectivity index is 2.21. The van der Waals surface area contributed by atoms with Gasteiger partial charge in [-0.05, 0) is 12.1 Å². The molecule has 3 rings (SSSR count). The lowest BCUT2D eigenvalue weighted by Crippen LogP contribution is -1.95. The number of nitrogens with zero attached hydrogens (tertiary/aromatic N) is 1. The van der Waals surface area contributed by atoms with Crippen molar-refractivity contribution in [1.29, 1.82) is 0 Å². The molecule has 1 N–H and O–H groups in total. The molecule has 0 saturated heterocycles. The summed E-state index contributed by atoms with van der Waals surface area (Å²) in [6.07, 6.45) is 0. The molecule has 1 heterocycles. The number of hydrogen-bond donors (Lipinski definition) is 1. The molecule has 118 valence electrons. The number of aromatic nitrogens is 1. The van der Waals surface area contributed by atoms with Gasteiger partial charge in [0, 0.05) is 5.56 Å². The van der Waals surface area contributed by atoms with E-state index in [9.17, 15) is 5.11 Å². The van der Waals surface area contributed by atoms with E-state index in [0.29, 0.717) is 34.1 Å². The molecule has 5 nitrogen and oxygen atoms in total. The molecule has 23 heavy (non-hydrogen) atoms. The lowest BCUT2D eigenvalue weighted by atomic mass is 10.0. The fourth-order valence-corrected chi connectivity index (χ4v) is 2.55. The molecule has 2 aromatic carbocycles. The van der Waals surface area contributed by atoms with Crippen LogP contribution in [-0.2, 0) is 6.61 Å². The predicted octanol–water partition coefficient (Wildman–Crippen LogP) is 3.52. The Kier molecular flexibility index (Phi) is 4.30. The summed E-state index contributed by atoms with van der Waals surface area (Å²) in [5.41, 5.74) is 2.71. The molecule has 1 aromatic heterocycles. The van der Waals surface area contributed by atoms with Crippen LogP contribution in [0.4, 0.5) is 0 Å². The number of ether oxygens (including phenoxy) is 2. The molecule has 0 atom stereocenters. The Morgan fingerprint density at radius 2 is 1.61 bits per heavy atom. The zero-order valence-corrected chi connectivity index (χ0v) is 12.9. The molecule has 0 saturated carbocycles. The van der Waals surface area contributed by atoms with Crippen LogP contribution < -0.4 is 9.47 Å². The van der Waals surface area contributed by atoms with Gasteiger partial charge in [-0.2, -0.15) is 0 Å². The second-order valence-corrected chi connectivity index (χ2v) is 4.90. The zero-order chi connectivity index (χ0) is 16.2. The third kappa shape index (κ3) is 2.66. The van der Waals surface area contributed by atoms with Crippen molar-refractivity contribution in [2.75, 3.05) is 14.2 Å². The van der Waals surface area contributed by atoms with Gasteiger partial charge in [0.15, 0.2) is 5.76 Å². The Bertz CT molecular complexity index is 774. The smallest absolute Gasteiger partial charge is 0.180 e. The second kappa shape index (κ2) is 6.54. The third-order valence-electron chi connectivity index (χ3n) is 3.65. The maximum Gasteiger partial charge on any atom is 0.180 e.